The van der Waals surface area contributed by atoms with Gasteiger partial charge in [-0.15, -0.1) is 11.8 Å². The number of nitrogens with one attached hydrogen (secondary N) is 2. The van der Waals surface area contributed by atoms with Crippen molar-refractivity contribution >= 4 is 64.3 Å². The number of ether oxygens (including phenoxy) is 1. The first-order valence-electron chi connectivity index (χ1n) is 12.1. The van der Waals surface area contributed by atoms with Crippen LogP contribution in [0.5, 0.6) is 5.75 Å². The Morgan fingerprint density at radius 1 is 0.825 bits per heavy atom. The molecule has 0 fully saturated rings. The number of ketones is 1. The molecule has 4 rings (SSSR count). The zero-order valence-corrected chi connectivity index (χ0v) is 23.6. The van der Waals surface area contributed by atoms with E-state index in [1.165, 1.54) is 17.8 Å². The van der Waals surface area contributed by atoms with Crippen LogP contribution in [0.25, 0.3) is 6.08 Å². The van der Waals surface area contributed by atoms with Gasteiger partial charge in [-0.25, -0.2) is 0 Å². The molecule has 4 aromatic carbocycles. The van der Waals surface area contributed by atoms with Gasteiger partial charge >= 0.3 is 0 Å². The summed E-state index contributed by atoms with van der Waals surface area (Å²) in [6.07, 6.45) is 1.44. The Kier molecular flexibility index (Phi) is 10.0. The molecule has 2 amide bonds. The zero-order chi connectivity index (χ0) is 28.5. The van der Waals surface area contributed by atoms with E-state index in [-0.39, 0.29) is 17.2 Å². The third-order valence-corrected chi connectivity index (χ3v) is 7.32. The van der Waals surface area contributed by atoms with E-state index in [0.29, 0.717) is 38.2 Å². The summed E-state index contributed by atoms with van der Waals surface area (Å²) in [7, 11) is 1.55. The maximum atomic E-state index is 13.4. The van der Waals surface area contributed by atoms with Crippen LogP contribution in [0.1, 0.15) is 26.3 Å². The highest BCUT2D eigenvalue weighted by Gasteiger charge is 2.17. The number of benzene rings is 4. The van der Waals surface area contributed by atoms with E-state index in [1.54, 1.807) is 98.1 Å². The predicted octanol–water partition coefficient (Wildman–Crippen LogP) is 7.39. The number of anilines is 1. The van der Waals surface area contributed by atoms with Crippen LogP contribution in [0.4, 0.5) is 5.69 Å². The Morgan fingerprint density at radius 2 is 1.50 bits per heavy atom. The number of halogens is 2. The average Bonchev–Trinajstić information content (AvgIpc) is 2.97. The molecule has 0 aliphatic heterocycles. The Labute approximate surface area is 246 Å². The standard InChI is InChI=1S/C31H24Cl2N2O4S/c1-39-23-12-5-10-21(16-23)29(36)19-40-24-13-6-11-22(17-24)34-31(38)28(18-25-26(32)14-7-15-27(25)33)35-30(37)20-8-3-2-4-9-20/h2-18H,19H2,1H3,(H,34,38)(H,35,37)/b28-18-. The molecule has 0 aliphatic rings. The van der Waals surface area contributed by atoms with Crippen LogP contribution in [-0.4, -0.2) is 30.5 Å². The minimum Gasteiger partial charge on any atom is -0.497 e. The zero-order valence-electron chi connectivity index (χ0n) is 21.3. The van der Waals surface area contributed by atoms with E-state index in [9.17, 15) is 14.4 Å². The smallest absolute Gasteiger partial charge is 0.272 e. The van der Waals surface area contributed by atoms with Gasteiger partial charge in [0.1, 0.15) is 11.4 Å². The van der Waals surface area contributed by atoms with Gasteiger partial charge in [-0.2, -0.15) is 0 Å². The lowest BCUT2D eigenvalue weighted by Crippen LogP contribution is -2.30. The lowest BCUT2D eigenvalue weighted by molar-refractivity contribution is -0.113. The number of Topliss-reactive ketones (excluding diaryl/α,β-unsaturated/α-hetero) is 1. The number of amides is 2. The second-order valence-electron chi connectivity index (χ2n) is 8.44. The lowest BCUT2D eigenvalue weighted by atomic mass is 10.1. The molecule has 0 unspecified atom stereocenters. The highest BCUT2D eigenvalue weighted by molar-refractivity contribution is 8.00. The highest BCUT2D eigenvalue weighted by Crippen LogP contribution is 2.27. The van der Waals surface area contributed by atoms with Crippen LogP contribution in [0.15, 0.2) is 108 Å². The van der Waals surface area contributed by atoms with Crippen molar-refractivity contribution in [3.63, 3.8) is 0 Å². The molecule has 0 aromatic heterocycles. The minimum absolute atomic E-state index is 0.0462. The monoisotopic (exact) mass is 590 g/mol. The van der Waals surface area contributed by atoms with Gasteiger partial charge in [0.15, 0.2) is 5.78 Å². The topological polar surface area (TPSA) is 84.5 Å². The van der Waals surface area contributed by atoms with Gasteiger partial charge in [-0.3, -0.25) is 14.4 Å². The molecule has 0 aliphatic carbocycles. The molecule has 40 heavy (non-hydrogen) atoms. The molecule has 0 spiro atoms. The molecule has 0 atom stereocenters. The van der Waals surface area contributed by atoms with Gasteiger partial charge in [0, 0.05) is 37.3 Å². The van der Waals surface area contributed by atoms with Gasteiger partial charge < -0.3 is 15.4 Å². The maximum Gasteiger partial charge on any atom is 0.272 e. The lowest BCUT2D eigenvalue weighted by Gasteiger charge is -2.13. The van der Waals surface area contributed by atoms with Crippen molar-refractivity contribution in [1.82, 2.24) is 5.32 Å². The van der Waals surface area contributed by atoms with Crippen LogP contribution in [-0.2, 0) is 4.79 Å². The fourth-order valence-electron chi connectivity index (χ4n) is 3.63. The van der Waals surface area contributed by atoms with E-state index in [1.807, 2.05) is 6.07 Å². The fourth-order valence-corrected chi connectivity index (χ4v) is 4.98. The van der Waals surface area contributed by atoms with Gasteiger partial charge in [0.2, 0.25) is 0 Å². The van der Waals surface area contributed by atoms with Crippen molar-refractivity contribution in [2.24, 2.45) is 0 Å². The number of methoxy groups -OCH3 is 1. The van der Waals surface area contributed by atoms with E-state index in [4.69, 9.17) is 27.9 Å². The first-order valence-corrected chi connectivity index (χ1v) is 13.8. The summed E-state index contributed by atoms with van der Waals surface area (Å²) in [5.74, 6) is -0.278. The van der Waals surface area contributed by atoms with Crippen LogP contribution in [0.3, 0.4) is 0 Å². The molecule has 4 aromatic rings. The van der Waals surface area contributed by atoms with Crippen LogP contribution in [0, 0.1) is 0 Å². The second-order valence-corrected chi connectivity index (χ2v) is 10.3. The van der Waals surface area contributed by atoms with Crippen molar-refractivity contribution in [2.45, 2.75) is 4.90 Å². The summed E-state index contributed by atoms with van der Waals surface area (Å²) in [5.41, 5.74) is 1.76. The summed E-state index contributed by atoms with van der Waals surface area (Å²) in [4.78, 5) is 39.7. The first-order chi connectivity index (χ1) is 19.3. The van der Waals surface area contributed by atoms with E-state index >= 15 is 0 Å². The number of carbonyl (C=O) groups excluding carboxylic acids is 3. The Balaban J connectivity index is 1.52. The summed E-state index contributed by atoms with van der Waals surface area (Å²) >= 11 is 14.0. The summed E-state index contributed by atoms with van der Waals surface area (Å²) in [6.45, 7) is 0. The van der Waals surface area contributed by atoms with Crippen LogP contribution in [0.2, 0.25) is 10.0 Å². The van der Waals surface area contributed by atoms with Crippen molar-refractivity contribution < 1.29 is 19.1 Å². The molecular formula is C31H24Cl2N2O4S. The van der Waals surface area contributed by atoms with E-state index in [0.717, 1.165) is 4.90 Å². The quantitative estimate of drug-likeness (QED) is 0.114. The third kappa shape index (κ3) is 7.76. The van der Waals surface area contributed by atoms with Gasteiger partial charge in [0.25, 0.3) is 11.8 Å². The van der Waals surface area contributed by atoms with Gasteiger partial charge in [-0.05, 0) is 60.7 Å². The van der Waals surface area contributed by atoms with Crippen molar-refractivity contribution in [1.29, 1.82) is 0 Å². The molecule has 0 bridgehead atoms. The first kappa shape index (κ1) is 29.0. The Bertz CT molecular complexity index is 1550. The van der Waals surface area contributed by atoms with Crippen molar-refractivity contribution in [3.8, 4) is 5.75 Å². The summed E-state index contributed by atoms with van der Waals surface area (Å²) in [6, 6.07) is 27.6. The van der Waals surface area contributed by atoms with Crippen LogP contribution >= 0.6 is 35.0 Å². The molecule has 0 heterocycles. The third-order valence-electron chi connectivity index (χ3n) is 5.67. The second kappa shape index (κ2) is 13.8. The molecule has 9 heteroatoms. The van der Waals surface area contributed by atoms with E-state index < -0.39 is 11.8 Å². The number of hydrogen-bond donors (Lipinski definition) is 2. The number of hydrogen-bond acceptors (Lipinski definition) is 5. The van der Waals surface area contributed by atoms with Crippen LogP contribution < -0.4 is 15.4 Å². The average molecular weight is 592 g/mol. The molecular weight excluding hydrogens is 567 g/mol. The molecule has 0 radical (unpaired) electrons. The molecule has 202 valence electrons. The number of carbonyl (C=O) groups is 3. The molecule has 6 nitrogen and oxygen atoms in total. The normalized spacial score (nSPS) is 11.0. The van der Waals surface area contributed by atoms with Crippen molar-refractivity contribution in [3.05, 3.63) is 129 Å². The van der Waals surface area contributed by atoms with Gasteiger partial charge in [-0.1, -0.05) is 65.7 Å². The van der Waals surface area contributed by atoms with Crippen molar-refractivity contribution in [2.75, 3.05) is 18.2 Å². The SMILES string of the molecule is COc1cccc(C(=O)CSc2cccc(NC(=O)/C(=C/c3c(Cl)cccc3Cl)NC(=O)c3ccccc3)c2)c1. The van der Waals surface area contributed by atoms with E-state index in [2.05, 4.69) is 10.6 Å². The maximum absolute atomic E-state index is 13.4. The Morgan fingerprint density at radius 3 is 2.23 bits per heavy atom. The molecule has 0 saturated heterocycles. The predicted molar refractivity (Wildman–Crippen MR) is 161 cm³/mol. The molecule has 2 N–H and O–H groups in total. The number of rotatable bonds is 10. The van der Waals surface area contributed by atoms with Gasteiger partial charge in [0.05, 0.1) is 12.9 Å². The summed E-state index contributed by atoms with van der Waals surface area (Å²) < 4.78 is 5.19. The largest absolute Gasteiger partial charge is 0.497 e. The minimum atomic E-state index is -0.574. The molecule has 0 saturated carbocycles. The number of thioether (sulfide) groups is 1. The highest BCUT2D eigenvalue weighted by atomic mass is 35.5. The fraction of sp³-hybridized carbons (Fsp3) is 0.0645. The Hall–Kier alpha value is -4.04. The summed E-state index contributed by atoms with van der Waals surface area (Å²) in [5, 5.41) is 6.13.